The monoisotopic (exact) mass is 450 g/mol. The molecule has 166 valence electrons. The summed E-state index contributed by atoms with van der Waals surface area (Å²) < 4.78 is 8.66. The van der Waals surface area contributed by atoms with Crippen LogP contribution < -0.4 is 5.56 Å². The van der Waals surface area contributed by atoms with E-state index in [2.05, 4.69) is 10.2 Å². The van der Waals surface area contributed by atoms with Crippen LogP contribution in [0.5, 0.6) is 0 Å². The highest BCUT2D eigenvalue weighted by molar-refractivity contribution is 8.00. The van der Waals surface area contributed by atoms with Crippen molar-refractivity contribution in [3.05, 3.63) is 69.5 Å². The third-order valence-corrected chi connectivity index (χ3v) is 6.56. The number of carbonyl (C=O) groups excluding carboxylic acids is 1. The zero-order valence-corrected chi connectivity index (χ0v) is 19.5. The molecular weight excluding hydrogens is 424 g/mol. The molecule has 7 nitrogen and oxygen atoms in total. The molecule has 0 aliphatic heterocycles. The van der Waals surface area contributed by atoms with Crippen LogP contribution in [-0.2, 0) is 11.3 Å². The van der Waals surface area contributed by atoms with E-state index >= 15 is 0 Å². The fraction of sp³-hybridized carbons (Fsp3) is 0.333. The van der Waals surface area contributed by atoms with Crippen LogP contribution in [0.1, 0.15) is 34.8 Å². The number of aryl methyl sites for hydroxylation is 3. The maximum absolute atomic E-state index is 13.2. The highest BCUT2D eigenvalue weighted by Gasteiger charge is 2.23. The fourth-order valence-corrected chi connectivity index (χ4v) is 4.73. The number of aromatic nitrogens is 4. The largest absolute Gasteiger partial charge is 0.385 e. The highest BCUT2D eigenvalue weighted by Crippen LogP contribution is 2.28. The Kier molecular flexibility index (Phi) is 6.43. The summed E-state index contributed by atoms with van der Waals surface area (Å²) in [4.78, 5) is 26.3. The summed E-state index contributed by atoms with van der Waals surface area (Å²) >= 11 is 1.35. The number of ketones is 1. The van der Waals surface area contributed by atoms with Crippen molar-refractivity contribution in [1.29, 1.82) is 0 Å². The smallest absolute Gasteiger partial charge is 0.262 e. The van der Waals surface area contributed by atoms with Gasteiger partial charge in [-0.25, -0.2) is 0 Å². The number of rotatable bonds is 8. The highest BCUT2D eigenvalue weighted by atomic mass is 32.2. The van der Waals surface area contributed by atoms with E-state index in [0.717, 1.165) is 22.2 Å². The molecule has 0 radical (unpaired) electrons. The van der Waals surface area contributed by atoms with Crippen LogP contribution in [0.2, 0.25) is 0 Å². The molecule has 2 aromatic carbocycles. The number of thioether (sulfide) groups is 1. The van der Waals surface area contributed by atoms with Gasteiger partial charge in [0.2, 0.25) is 5.78 Å². The number of benzene rings is 2. The minimum Gasteiger partial charge on any atom is -0.385 e. The van der Waals surface area contributed by atoms with Gasteiger partial charge in [0.05, 0.1) is 16.2 Å². The quantitative estimate of drug-likeness (QED) is 0.229. The topological polar surface area (TPSA) is 78.5 Å². The van der Waals surface area contributed by atoms with E-state index in [4.69, 9.17) is 4.74 Å². The number of ether oxygens (including phenoxy) is 1. The van der Waals surface area contributed by atoms with Crippen molar-refractivity contribution in [2.75, 3.05) is 13.7 Å². The predicted octanol–water partition coefficient (Wildman–Crippen LogP) is 4.06. The summed E-state index contributed by atoms with van der Waals surface area (Å²) in [5.41, 5.74) is 3.36. The van der Waals surface area contributed by atoms with Crippen molar-refractivity contribution in [2.24, 2.45) is 0 Å². The van der Waals surface area contributed by atoms with Gasteiger partial charge in [0.1, 0.15) is 0 Å². The van der Waals surface area contributed by atoms with E-state index in [0.29, 0.717) is 35.9 Å². The molecule has 0 N–H and O–H groups in total. The summed E-state index contributed by atoms with van der Waals surface area (Å²) in [5, 5.41) is 9.50. The lowest BCUT2D eigenvalue weighted by molar-refractivity contribution is 0.0993. The molecule has 0 saturated carbocycles. The summed E-state index contributed by atoms with van der Waals surface area (Å²) in [6, 6.07) is 13.3. The van der Waals surface area contributed by atoms with Crippen LogP contribution in [0.25, 0.3) is 16.7 Å². The first-order valence-electron chi connectivity index (χ1n) is 10.6. The first-order chi connectivity index (χ1) is 15.4. The number of hydrogen-bond acceptors (Lipinski definition) is 6. The van der Waals surface area contributed by atoms with Crippen LogP contribution >= 0.6 is 11.8 Å². The van der Waals surface area contributed by atoms with Crippen molar-refractivity contribution in [2.45, 2.75) is 44.1 Å². The molecule has 1 atom stereocenters. The molecule has 1 unspecified atom stereocenters. The molecule has 2 aromatic heterocycles. The molecule has 2 heterocycles. The standard InChI is InChI=1S/C24H26N4O3S/c1-15-10-11-16(2)19(14-15)21(29)17(3)32-24-26-25-23-27(12-7-13-31-4)22(30)18-8-5-6-9-20(18)28(23)24/h5-6,8-11,14,17H,7,12-13H2,1-4H3. The molecule has 8 heteroatoms. The van der Waals surface area contributed by atoms with Gasteiger partial charge in [0.15, 0.2) is 10.9 Å². The Labute approximate surface area is 190 Å². The number of para-hydroxylation sites is 1. The maximum Gasteiger partial charge on any atom is 0.262 e. The average molecular weight is 451 g/mol. The second-order valence-corrected chi connectivity index (χ2v) is 9.19. The third-order valence-electron chi connectivity index (χ3n) is 5.52. The molecule has 0 bridgehead atoms. The van der Waals surface area contributed by atoms with Crippen molar-refractivity contribution in [1.82, 2.24) is 19.2 Å². The SMILES string of the molecule is COCCCn1c(=O)c2ccccc2n2c(SC(C)C(=O)c3cc(C)ccc3C)nnc12. The van der Waals surface area contributed by atoms with Crippen LogP contribution in [0.4, 0.5) is 0 Å². The molecule has 0 fully saturated rings. The lowest BCUT2D eigenvalue weighted by Gasteiger charge is -2.14. The Bertz CT molecular complexity index is 1360. The molecule has 32 heavy (non-hydrogen) atoms. The van der Waals surface area contributed by atoms with Crippen LogP contribution in [-0.4, -0.2) is 43.9 Å². The first kappa shape index (κ1) is 22.2. The number of methoxy groups -OCH3 is 1. The van der Waals surface area contributed by atoms with Crippen molar-refractivity contribution >= 4 is 34.2 Å². The molecule has 0 amide bonds. The van der Waals surface area contributed by atoms with E-state index in [9.17, 15) is 9.59 Å². The summed E-state index contributed by atoms with van der Waals surface area (Å²) in [5.74, 6) is 0.518. The van der Waals surface area contributed by atoms with Gasteiger partial charge in [-0.1, -0.05) is 41.6 Å². The van der Waals surface area contributed by atoms with Crippen molar-refractivity contribution < 1.29 is 9.53 Å². The van der Waals surface area contributed by atoms with Crippen LogP contribution in [0.3, 0.4) is 0 Å². The average Bonchev–Trinajstić information content (AvgIpc) is 3.20. The Morgan fingerprint density at radius 2 is 1.94 bits per heavy atom. The Morgan fingerprint density at radius 1 is 1.16 bits per heavy atom. The normalized spacial score (nSPS) is 12.5. The first-order valence-corrected chi connectivity index (χ1v) is 11.4. The van der Waals surface area contributed by atoms with Gasteiger partial charge in [-0.05, 0) is 51.0 Å². The van der Waals surface area contributed by atoms with Gasteiger partial charge >= 0.3 is 0 Å². The van der Waals surface area contributed by atoms with Gasteiger partial charge in [-0.3, -0.25) is 18.6 Å². The lowest BCUT2D eigenvalue weighted by atomic mass is 10.0. The van der Waals surface area contributed by atoms with Gasteiger partial charge in [0.25, 0.3) is 5.56 Å². The summed E-state index contributed by atoms with van der Waals surface area (Å²) in [6.07, 6.45) is 0.682. The summed E-state index contributed by atoms with van der Waals surface area (Å²) in [6.45, 7) is 6.83. The molecule has 0 saturated heterocycles. The molecule has 0 spiro atoms. The number of carbonyl (C=O) groups is 1. The Morgan fingerprint density at radius 3 is 2.72 bits per heavy atom. The Hall–Kier alpha value is -2.97. The van der Waals surface area contributed by atoms with E-state index in [-0.39, 0.29) is 16.6 Å². The minimum atomic E-state index is -0.365. The third kappa shape index (κ3) is 4.08. The fourth-order valence-electron chi connectivity index (χ4n) is 3.81. The van der Waals surface area contributed by atoms with E-state index in [1.54, 1.807) is 11.7 Å². The molecule has 4 rings (SSSR count). The van der Waals surface area contributed by atoms with Crippen molar-refractivity contribution in [3.8, 4) is 0 Å². The van der Waals surface area contributed by atoms with Crippen LogP contribution in [0.15, 0.2) is 52.4 Å². The molecule has 0 aliphatic rings. The van der Waals surface area contributed by atoms with E-state index in [1.807, 2.05) is 67.6 Å². The van der Waals surface area contributed by atoms with E-state index < -0.39 is 0 Å². The number of fused-ring (bicyclic) bond motifs is 3. The maximum atomic E-state index is 13.2. The molecule has 0 aliphatic carbocycles. The number of Topliss-reactive ketones (excluding diaryl/α,β-unsaturated/α-hetero) is 1. The molecule has 4 aromatic rings. The second-order valence-electron chi connectivity index (χ2n) is 7.88. The zero-order chi connectivity index (χ0) is 22.8. The van der Waals surface area contributed by atoms with Gasteiger partial charge in [-0.15, -0.1) is 10.2 Å². The van der Waals surface area contributed by atoms with Gasteiger partial charge < -0.3 is 4.74 Å². The van der Waals surface area contributed by atoms with Gasteiger partial charge in [-0.2, -0.15) is 0 Å². The van der Waals surface area contributed by atoms with Crippen molar-refractivity contribution in [3.63, 3.8) is 0 Å². The predicted molar refractivity (Wildman–Crippen MR) is 127 cm³/mol. The number of nitrogens with zero attached hydrogens (tertiary/aromatic N) is 4. The Balaban J connectivity index is 1.77. The zero-order valence-electron chi connectivity index (χ0n) is 18.7. The second kappa shape index (κ2) is 9.26. The molecular formula is C24H26N4O3S. The number of hydrogen-bond donors (Lipinski definition) is 0. The van der Waals surface area contributed by atoms with E-state index in [1.165, 1.54) is 11.8 Å². The minimum absolute atomic E-state index is 0.0469. The summed E-state index contributed by atoms with van der Waals surface area (Å²) in [7, 11) is 1.64. The van der Waals surface area contributed by atoms with Crippen LogP contribution in [0, 0.1) is 13.8 Å². The lowest BCUT2D eigenvalue weighted by Crippen LogP contribution is -2.24. The van der Waals surface area contributed by atoms with Gasteiger partial charge in [0, 0.05) is 25.8 Å².